The van der Waals surface area contributed by atoms with Crippen LogP contribution in [0.4, 0.5) is 0 Å². The number of carbonyl (C=O) groups is 1. The number of nitrogens with zero attached hydrogens (tertiary/aromatic N) is 1. The van der Waals surface area contributed by atoms with E-state index < -0.39 is 0 Å². The van der Waals surface area contributed by atoms with E-state index in [1.807, 2.05) is 56.3 Å². The molecule has 1 atom stereocenters. The summed E-state index contributed by atoms with van der Waals surface area (Å²) in [4.78, 5) is 16.1. The van der Waals surface area contributed by atoms with Gasteiger partial charge in [0.15, 0.2) is 5.96 Å². The Balaban J connectivity index is 0.00000420. The monoisotopic (exact) mass is 510 g/mol. The highest BCUT2D eigenvalue weighted by atomic mass is 127. The third-order valence-electron chi connectivity index (χ3n) is 4.20. The molecule has 2 aromatic rings. The largest absolute Gasteiger partial charge is 0.489 e. The van der Waals surface area contributed by atoms with E-state index in [0.29, 0.717) is 19.0 Å². The highest BCUT2D eigenvalue weighted by Crippen LogP contribution is 2.17. The summed E-state index contributed by atoms with van der Waals surface area (Å²) < 4.78 is 5.94. The fourth-order valence-corrected chi connectivity index (χ4v) is 2.63. The second-order valence-corrected chi connectivity index (χ2v) is 6.59. The van der Waals surface area contributed by atoms with Crippen LogP contribution in [0, 0.1) is 6.92 Å². The minimum Gasteiger partial charge on any atom is -0.489 e. The first kappa shape index (κ1) is 24.7. The molecule has 2 rings (SSSR count). The van der Waals surface area contributed by atoms with Gasteiger partial charge in [-0.25, -0.2) is 0 Å². The van der Waals surface area contributed by atoms with E-state index in [-0.39, 0.29) is 42.5 Å². The van der Waals surface area contributed by atoms with Gasteiger partial charge in [-0.1, -0.05) is 48.5 Å². The highest BCUT2D eigenvalue weighted by molar-refractivity contribution is 14.0. The fraction of sp³-hybridized carbons (Fsp3) is 0.364. The molecule has 0 aliphatic heterocycles. The van der Waals surface area contributed by atoms with Crippen molar-refractivity contribution in [3.05, 3.63) is 65.7 Å². The van der Waals surface area contributed by atoms with Crippen LogP contribution in [0.2, 0.25) is 0 Å². The summed E-state index contributed by atoms with van der Waals surface area (Å²) in [7, 11) is 1.68. The lowest BCUT2D eigenvalue weighted by atomic mass is 10.1. The molecule has 0 saturated heterocycles. The molecule has 0 fully saturated rings. The van der Waals surface area contributed by atoms with Crippen molar-refractivity contribution >= 4 is 35.8 Å². The number of hydrogen-bond acceptors (Lipinski definition) is 3. The molecule has 7 heteroatoms. The van der Waals surface area contributed by atoms with Gasteiger partial charge in [-0.05, 0) is 37.5 Å². The number of amides is 1. The van der Waals surface area contributed by atoms with Gasteiger partial charge in [-0.2, -0.15) is 0 Å². The first-order valence-electron chi connectivity index (χ1n) is 9.56. The molecule has 158 valence electrons. The third kappa shape index (κ3) is 9.65. The van der Waals surface area contributed by atoms with Crippen LogP contribution in [-0.2, 0) is 11.2 Å². The Hall–Kier alpha value is -2.29. The van der Waals surface area contributed by atoms with Crippen molar-refractivity contribution < 1.29 is 9.53 Å². The van der Waals surface area contributed by atoms with Gasteiger partial charge in [0, 0.05) is 13.6 Å². The van der Waals surface area contributed by atoms with Gasteiger partial charge >= 0.3 is 0 Å². The van der Waals surface area contributed by atoms with Crippen molar-refractivity contribution in [1.29, 1.82) is 0 Å². The third-order valence-corrected chi connectivity index (χ3v) is 4.20. The molecular formula is C22H31IN4O2. The van der Waals surface area contributed by atoms with Gasteiger partial charge < -0.3 is 20.7 Å². The van der Waals surface area contributed by atoms with Crippen LogP contribution < -0.4 is 20.7 Å². The van der Waals surface area contributed by atoms with E-state index in [2.05, 4.69) is 33.1 Å². The van der Waals surface area contributed by atoms with Crippen LogP contribution >= 0.6 is 24.0 Å². The van der Waals surface area contributed by atoms with Gasteiger partial charge in [0.2, 0.25) is 5.91 Å². The van der Waals surface area contributed by atoms with E-state index >= 15 is 0 Å². The normalized spacial score (nSPS) is 11.8. The highest BCUT2D eigenvalue weighted by Gasteiger charge is 2.08. The molecule has 1 amide bonds. The summed E-state index contributed by atoms with van der Waals surface area (Å²) >= 11 is 0. The van der Waals surface area contributed by atoms with Gasteiger partial charge in [-0.15, -0.1) is 24.0 Å². The van der Waals surface area contributed by atoms with Crippen molar-refractivity contribution in [2.45, 2.75) is 26.4 Å². The molecule has 6 nitrogen and oxygen atoms in total. The Morgan fingerprint density at radius 1 is 1.03 bits per heavy atom. The first-order chi connectivity index (χ1) is 13.6. The summed E-state index contributed by atoms with van der Waals surface area (Å²) in [6, 6.07) is 18.0. The number of aryl methyl sites for hydroxylation is 1. The number of rotatable bonds is 9. The molecule has 1 unspecified atom stereocenters. The molecule has 0 aliphatic rings. The molecule has 0 aromatic heterocycles. The molecule has 0 aliphatic carbocycles. The lowest BCUT2D eigenvalue weighted by Crippen LogP contribution is -2.45. The maximum absolute atomic E-state index is 12.0. The Kier molecular flexibility index (Phi) is 11.8. The molecule has 0 bridgehead atoms. The molecule has 2 aromatic carbocycles. The van der Waals surface area contributed by atoms with E-state index in [1.165, 1.54) is 5.56 Å². The van der Waals surface area contributed by atoms with Gasteiger partial charge in [0.1, 0.15) is 11.9 Å². The number of nitrogens with one attached hydrogen (secondary N) is 3. The molecule has 0 saturated carbocycles. The summed E-state index contributed by atoms with van der Waals surface area (Å²) in [5.74, 6) is 1.37. The smallest absolute Gasteiger partial charge is 0.239 e. The van der Waals surface area contributed by atoms with Gasteiger partial charge in [-0.3, -0.25) is 9.79 Å². The number of para-hydroxylation sites is 1. The average Bonchev–Trinajstić information content (AvgIpc) is 2.70. The van der Waals surface area contributed by atoms with Crippen molar-refractivity contribution in [2.75, 3.05) is 26.7 Å². The lowest BCUT2D eigenvalue weighted by Gasteiger charge is -2.18. The lowest BCUT2D eigenvalue weighted by molar-refractivity contribution is -0.119. The Morgan fingerprint density at radius 3 is 2.41 bits per heavy atom. The SMILES string of the molecule is CN=C(NCC(=O)NCCc1ccccc1)NCC(C)Oc1ccccc1C.I. The maximum Gasteiger partial charge on any atom is 0.239 e. The number of hydrogen-bond donors (Lipinski definition) is 3. The van der Waals surface area contributed by atoms with Crippen LogP contribution in [0.25, 0.3) is 0 Å². The average molecular weight is 510 g/mol. The van der Waals surface area contributed by atoms with E-state index in [4.69, 9.17) is 4.74 Å². The molecule has 0 spiro atoms. The quantitative estimate of drug-likeness (QED) is 0.276. The van der Waals surface area contributed by atoms with Crippen LogP contribution in [-0.4, -0.2) is 44.7 Å². The Morgan fingerprint density at radius 2 is 1.72 bits per heavy atom. The first-order valence-corrected chi connectivity index (χ1v) is 9.56. The number of aliphatic imine (C=N–C) groups is 1. The van der Waals surface area contributed by atoms with Crippen molar-refractivity contribution in [2.24, 2.45) is 4.99 Å². The van der Waals surface area contributed by atoms with E-state index in [9.17, 15) is 4.79 Å². The number of carbonyl (C=O) groups excluding carboxylic acids is 1. The van der Waals surface area contributed by atoms with Crippen molar-refractivity contribution in [3.63, 3.8) is 0 Å². The molecular weight excluding hydrogens is 479 g/mol. The fourth-order valence-electron chi connectivity index (χ4n) is 2.63. The van der Waals surface area contributed by atoms with Crippen LogP contribution in [0.5, 0.6) is 5.75 Å². The summed E-state index contributed by atoms with van der Waals surface area (Å²) in [6.07, 6.45) is 0.771. The molecule has 0 heterocycles. The predicted octanol–water partition coefficient (Wildman–Crippen LogP) is 2.90. The second-order valence-electron chi connectivity index (χ2n) is 6.59. The van der Waals surface area contributed by atoms with Crippen LogP contribution in [0.15, 0.2) is 59.6 Å². The number of guanidine groups is 1. The zero-order valence-electron chi connectivity index (χ0n) is 17.3. The van der Waals surface area contributed by atoms with Gasteiger partial charge in [0.25, 0.3) is 0 Å². The zero-order chi connectivity index (χ0) is 20.2. The Bertz CT molecular complexity index is 768. The van der Waals surface area contributed by atoms with Gasteiger partial charge in [0.05, 0.1) is 13.1 Å². The van der Waals surface area contributed by atoms with Crippen molar-refractivity contribution in [3.8, 4) is 5.75 Å². The topological polar surface area (TPSA) is 74.8 Å². The zero-order valence-corrected chi connectivity index (χ0v) is 19.6. The van der Waals surface area contributed by atoms with Crippen LogP contribution in [0.1, 0.15) is 18.1 Å². The maximum atomic E-state index is 12.0. The minimum absolute atomic E-state index is 0. The van der Waals surface area contributed by atoms with E-state index in [1.54, 1.807) is 7.05 Å². The second kappa shape index (κ2) is 13.8. The predicted molar refractivity (Wildman–Crippen MR) is 129 cm³/mol. The molecule has 0 radical (unpaired) electrons. The molecule has 29 heavy (non-hydrogen) atoms. The number of benzene rings is 2. The summed E-state index contributed by atoms with van der Waals surface area (Å²) in [5, 5.41) is 9.11. The minimum atomic E-state index is -0.0666. The Labute approximate surface area is 190 Å². The van der Waals surface area contributed by atoms with E-state index in [0.717, 1.165) is 17.7 Å². The summed E-state index contributed by atoms with van der Waals surface area (Å²) in [6.45, 7) is 5.36. The molecule has 3 N–H and O–H groups in total. The number of ether oxygens (including phenoxy) is 1. The van der Waals surface area contributed by atoms with Crippen molar-refractivity contribution in [1.82, 2.24) is 16.0 Å². The number of halogens is 1. The summed E-state index contributed by atoms with van der Waals surface area (Å²) in [5.41, 5.74) is 2.31. The van der Waals surface area contributed by atoms with Crippen LogP contribution in [0.3, 0.4) is 0 Å². The standard InChI is InChI=1S/C22H30N4O2.HI/c1-17-9-7-8-12-20(17)28-18(2)15-25-22(23-3)26-16-21(27)24-14-13-19-10-5-4-6-11-19;/h4-12,18H,13-16H2,1-3H3,(H,24,27)(H2,23,25,26);1H.